The standard InChI is InChI=1S/C13H15NO4S/c1-18-19(16,17)13-6-2-10(3-7-13)8-11-4-5-12(9-15)14-11/h2-3,6-7,11,14H,4-5,8H2,1H3/t11-/m0/s1. The summed E-state index contributed by atoms with van der Waals surface area (Å²) < 4.78 is 27.4. The van der Waals surface area contributed by atoms with Gasteiger partial charge in [0.05, 0.1) is 17.7 Å². The van der Waals surface area contributed by atoms with Gasteiger partial charge in [0.2, 0.25) is 0 Å². The zero-order valence-corrected chi connectivity index (χ0v) is 11.4. The molecule has 0 aliphatic carbocycles. The molecule has 0 spiro atoms. The molecule has 6 heteroatoms. The average Bonchev–Trinajstić information content (AvgIpc) is 2.87. The van der Waals surface area contributed by atoms with Gasteiger partial charge in [0.25, 0.3) is 10.1 Å². The molecular formula is C13H15NO4S. The second kappa shape index (κ2) is 5.57. The van der Waals surface area contributed by atoms with Gasteiger partial charge in [0, 0.05) is 6.04 Å². The third-order valence-electron chi connectivity index (χ3n) is 3.16. The van der Waals surface area contributed by atoms with Gasteiger partial charge in [-0.3, -0.25) is 4.18 Å². The lowest BCUT2D eigenvalue weighted by molar-refractivity contribution is 0.398. The summed E-state index contributed by atoms with van der Waals surface area (Å²) in [6.07, 6.45) is 2.37. The topological polar surface area (TPSA) is 72.5 Å². The number of hydrogen-bond donors (Lipinski definition) is 1. The number of benzene rings is 1. The Balaban J connectivity index is 2.06. The Kier molecular flexibility index (Phi) is 4.04. The van der Waals surface area contributed by atoms with E-state index in [1.165, 1.54) is 12.1 Å². The summed E-state index contributed by atoms with van der Waals surface area (Å²) in [5.74, 6) is 1.88. The predicted octanol–water partition coefficient (Wildman–Crippen LogP) is 1.03. The minimum absolute atomic E-state index is 0.145. The maximum Gasteiger partial charge on any atom is 0.296 e. The molecule has 0 bridgehead atoms. The van der Waals surface area contributed by atoms with Crippen molar-refractivity contribution in [2.75, 3.05) is 7.11 Å². The van der Waals surface area contributed by atoms with E-state index in [0.717, 1.165) is 31.9 Å². The molecule has 19 heavy (non-hydrogen) atoms. The van der Waals surface area contributed by atoms with Gasteiger partial charge in [-0.15, -0.1) is 0 Å². The van der Waals surface area contributed by atoms with Crippen LogP contribution in [-0.4, -0.2) is 27.5 Å². The Labute approximate surface area is 112 Å². The smallest absolute Gasteiger partial charge is 0.296 e. The molecule has 1 aliphatic heterocycles. The van der Waals surface area contributed by atoms with Gasteiger partial charge in [0.1, 0.15) is 5.94 Å². The molecule has 0 radical (unpaired) electrons. The van der Waals surface area contributed by atoms with Gasteiger partial charge in [-0.2, -0.15) is 8.42 Å². The van der Waals surface area contributed by atoms with Crippen LogP contribution in [0.4, 0.5) is 0 Å². The van der Waals surface area contributed by atoms with Crippen molar-refractivity contribution >= 4 is 16.1 Å². The highest BCUT2D eigenvalue weighted by Gasteiger charge is 2.19. The number of allylic oxidation sites excluding steroid dienone is 1. The maximum atomic E-state index is 11.5. The van der Waals surface area contributed by atoms with Crippen molar-refractivity contribution in [1.82, 2.24) is 5.32 Å². The van der Waals surface area contributed by atoms with Crippen LogP contribution in [-0.2, 0) is 25.5 Å². The summed E-state index contributed by atoms with van der Waals surface area (Å²) in [5, 5.41) is 3.10. The van der Waals surface area contributed by atoms with Gasteiger partial charge in [-0.05, 0) is 37.0 Å². The molecule has 0 saturated carbocycles. The van der Waals surface area contributed by atoms with Gasteiger partial charge in [-0.25, -0.2) is 4.79 Å². The van der Waals surface area contributed by atoms with Gasteiger partial charge >= 0.3 is 0 Å². The Morgan fingerprint density at radius 3 is 2.58 bits per heavy atom. The van der Waals surface area contributed by atoms with Crippen LogP contribution in [0.25, 0.3) is 0 Å². The van der Waals surface area contributed by atoms with Crippen LogP contribution in [0.3, 0.4) is 0 Å². The number of nitrogens with one attached hydrogen (secondary N) is 1. The van der Waals surface area contributed by atoms with E-state index in [4.69, 9.17) is 0 Å². The second-order valence-corrected chi connectivity index (χ2v) is 6.14. The lowest BCUT2D eigenvalue weighted by Gasteiger charge is -2.10. The Morgan fingerprint density at radius 1 is 1.37 bits per heavy atom. The fraction of sp³-hybridized carbons (Fsp3) is 0.385. The van der Waals surface area contributed by atoms with Crippen LogP contribution >= 0.6 is 0 Å². The first-order chi connectivity index (χ1) is 9.05. The fourth-order valence-electron chi connectivity index (χ4n) is 2.12. The molecule has 1 heterocycles. The normalized spacial score (nSPS) is 19.0. The quantitative estimate of drug-likeness (QED) is 0.659. The van der Waals surface area contributed by atoms with Crippen LogP contribution in [0.5, 0.6) is 0 Å². The third kappa shape index (κ3) is 3.23. The first-order valence-electron chi connectivity index (χ1n) is 5.95. The Bertz CT molecular complexity index is 600. The molecular weight excluding hydrogens is 266 g/mol. The lowest BCUT2D eigenvalue weighted by atomic mass is 10.1. The van der Waals surface area contributed by atoms with Crippen molar-refractivity contribution in [3.05, 3.63) is 35.5 Å². The lowest BCUT2D eigenvalue weighted by Crippen LogP contribution is -2.22. The highest BCUT2D eigenvalue weighted by Crippen LogP contribution is 2.19. The predicted molar refractivity (Wildman–Crippen MR) is 69.7 cm³/mol. The van der Waals surface area contributed by atoms with E-state index in [-0.39, 0.29) is 10.9 Å². The van der Waals surface area contributed by atoms with E-state index < -0.39 is 10.1 Å². The molecule has 1 aliphatic rings. The number of rotatable bonds is 4. The summed E-state index contributed by atoms with van der Waals surface area (Å²) in [6.45, 7) is 0. The summed E-state index contributed by atoms with van der Waals surface area (Å²) >= 11 is 0. The fourth-order valence-corrected chi connectivity index (χ4v) is 2.78. The van der Waals surface area contributed by atoms with Gasteiger partial charge in [-0.1, -0.05) is 12.1 Å². The number of hydrogen-bond acceptors (Lipinski definition) is 5. The van der Waals surface area contributed by atoms with Crippen LogP contribution in [0.15, 0.2) is 34.9 Å². The summed E-state index contributed by atoms with van der Waals surface area (Å²) in [7, 11) is -2.49. The molecule has 1 saturated heterocycles. The first-order valence-corrected chi connectivity index (χ1v) is 7.36. The minimum Gasteiger partial charge on any atom is -0.376 e. The Hall–Kier alpha value is -1.62. The first kappa shape index (κ1) is 13.8. The Morgan fingerprint density at radius 2 is 2.05 bits per heavy atom. The van der Waals surface area contributed by atoms with Crippen molar-refractivity contribution in [2.45, 2.75) is 30.2 Å². The van der Waals surface area contributed by atoms with Crippen molar-refractivity contribution in [2.24, 2.45) is 0 Å². The molecule has 1 atom stereocenters. The summed E-state index contributed by atoms with van der Waals surface area (Å²) in [4.78, 5) is 10.6. The largest absolute Gasteiger partial charge is 0.376 e. The van der Waals surface area contributed by atoms with Crippen molar-refractivity contribution in [3.8, 4) is 0 Å². The van der Waals surface area contributed by atoms with E-state index in [2.05, 4.69) is 9.50 Å². The van der Waals surface area contributed by atoms with Gasteiger partial charge < -0.3 is 5.32 Å². The van der Waals surface area contributed by atoms with Gasteiger partial charge in [0.15, 0.2) is 0 Å². The number of carbonyl (C=O) groups excluding carboxylic acids is 1. The van der Waals surface area contributed by atoms with Crippen LogP contribution in [0, 0.1) is 0 Å². The van der Waals surface area contributed by atoms with Crippen LogP contribution < -0.4 is 5.32 Å². The molecule has 1 fully saturated rings. The van der Waals surface area contributed by atoms with Crippen LogP contribution in [0.1, 0.15) is 18.4 Å². The molecule has 0 amide bonds. The van der Waals surface area contributed by atoms with E-state index >= 15 is 0 Å². The summed E-state index contributed by atoms with van der Waals surface area (Å²) in [6, 6.07) is 6.78. The molecule has 2 rings (SSSR count). The van der Waals surface area contributed by atoms with Crippen LogP contribution in [0.2, 0.25) is 0 Å². The third-order valence-corrected chi connectivity index (χ3v) is 4.45. The van der Waals surface area contributed by atoms with E-state index in [9.17, 15) is 13.2 Å². The zero-order chi connectivity index (χ0) is 13.9. The minimum atomic E-state index is -3.63. The molecule has 1 aromatic rings. The van der Waals surface area contributed by atoms with Crippen molar-refractivity contribution in [3.63, 3.8) is 0 Å². The average molecular weight is 281 g/mol. The SMILES string of the molecule is COS(=O)(=O)c1ccc(C[C@@H]2CCC(=C=O)N2)cc1. The van der Waals surface area contributed by atoms with E-state index in [1.54, 1.807) is 12.1 Å². The molecule has 0 aromatic heterocycles. The highest BCUT2D eigenvalue weighted by atomic mass is 32.2. The van der Waals surface area contributed by atoms with Crippen molar-refractivity contribution < 1.29 is 17.4 Å². The monoisotopic (exact) mass is 281 g/mol. The summed E-state index contributed by atoms with van der Waals surface area (Å²) in [5.41, 5.74) is 1.63. The molecule has 1 N–H and O–H groups in total. The molecule has 102 valence electrons. The molecule has 1 aromatic carbocycles. The zero-order valence-electron chi connectivity index (χ0n) is 10.5. The molecule has 0 unspecified atom stereocenters. The van der Waals surface area contributed by atoms with Crippen molar-refractivity contribution in [1.29, 1.82) is 0 Å². The molecule has 5 nitrogen and oxygen atoms in total. The highest BCUT2D eigenvalue weighted by molar-refractivity contribution is 7.86. The van der Waals surface area contributed by atoms with E-state index in [0.29, 0.717) is 5.70 Å². The van der Waals surface area contributed by atoms with E-state index in [1.807, 2.05) is 5.94 Å². The maximum absolute atomic E-state index is 11.5. The second-order valence-electron chi connectivity index (χ2n) is 4.43.